The Morgan fingerprint density at radius 2 is 1.87 bits per heavy atom. The first-order chi connectivity index (χ1) is 7.15. The maximum atomic E-state index is 8.65. The number of hydrogen-bond donors (Lipinski definition) is 2. The van der Waals surface area contributed by atoms with Gasteiger partial charge in [-0.05, 0) is 6.42 Å². The van der Waals surface area contributed by atoms with E-state index in [1.165, 1.54) is 0 Å². The average molecular weight is 209 g/mol. The second kappa shape index (κ2) is 7.75. The molecule has 0 aliphatic carbocycles. The van der Waals surface area contributed by atoms with Gasteiger partial charge in [-0.25, -0.2) is 9.69 Å². The summed E-state index contributed by atoms with van der Waals surface area (Å²) in [5.74, 6) is -0.853. The molecule has 0 aliphatic heterocycles. The van der Waals surface area contributed by atoms with Gasteiger partial charge in [-0.1, -0.05) is 0 Å². The Kier molecular flexibility index (Phi) is 6.91. The van der Waals surface area contributed by atoms with Crippen molar-refractivity contribution in [1.82, 2.24) is 0 Å². The van der Waals surface area contributed by atoms with Crippen LogP contribution in [0.4, 0.5) is 0 Å². The Labute approximate surface area is 86.8 Å². The highest BCUT2D eigenvalue weighted by Crippen LogP contribution is 2.13. The molecule has 0 spiro atoms. The lowest BCUT2D eigenvalue weighted by Gasteiger charge is -2.13. The van der Waals surface area contributed by atoms with Gasteiger partial charge in [-0.3, -0.25) is 0 Å². The molecule has 0 fully saturated rings. The first-order valence-corrected chi connectivity index (χ1v) is 4.00. The third-order valence-electron chi connectivity index (χ3n) is 1.47. The molecule has 0 amide bonds. The van der Waals surface area contributed by atoms with Crippen LogP contribution in [0.25, 0.3) is 0 Å². The van der Waals surface area contributed by atoms with Crippen molar-refractivity contribution in [3.8, 4) is 18.2 Å². The molecule has 15 heavy (non-hydrogen) atoms. The highest BCUT2D eigenvalue weighted by Gasteiger charge is 2.25. The summed E-state index contributed by atoms with van der Waals surface area (Å²) in [6.45, 7) is 0. The maximum Gasteiger partial charge on any atom is 0.662 e. The maximum absolute atomic E-state index is 8.65. The Bertz CT molecular complexity index is 303. The molecule has 78 valence electrons. The van der Waals surface area contributed by atoms with Crippen LogP contribution in [0.3, 0.4) is 0 Å². The van der Waals surface area contributed by atoms with Crippen molar-refractivity contribution in [2.75, 3.05) is 0 Å². The summed E-state index contributed by atoms with van der Waals surface area (Å²) in [6.07, 6.45) is -1.01. The second-order valence-electron chi connectivity index (χ2n) is 2.50. The molecule has 2 N–H and O–H groups in total. The van der Waals surface area contributed by atoms with E-state index in [1.807, 2.05) is 6.07 Å². The number of nitrogens with zero attached hydrogens (tertiary/aromatic N) is 3. The number of nitriles is 3. The largest absolute Gasteiger partial charge is 0.662 e. The summed E-state index contributed by atoms with van der Waals surface area (Å²) < 4.78 is 0. The normalized spacial score (nSPS) is 13.0. The van der Waals surface area contributed by atoms with E-state index in [-0.39, 0.29) is 12.8 Å². The number of rotatable bonds is 6. The number of hydrogen-bond acceptors (Lipinski definition) is 7. The highest BCUT2D eigenvalue weighted by molar-refractivity contribution is 6.32. The minimum absolute atomic E-state index is 0.0987. The van der Waals surface area contributed by atoms with Gasteiger partial charge in [0.05, 0.1) is 24.1 Å². The smallest absolute Gasteiger partial charge is 0.400 e. The van der Waals surface area contributed by atoms with E-state index < -0.39 is 19.3 Å². The predicted octanol–water partition coefficient (Wildman–Crippen LogP) is -0.760. The van der Waals surface area contributed by atoms with Crippen LogP contribution in [0.15, 0.2) is 0 Å². The minimum atomic E-state index is -2.17. The van der Waals surface area contributed by atoms with Gasteiger partial charge in [0.1, 0.15) is 0 Å². The molecule has 0 radical (unpaired) electrons. The Hall–Kier alpha value is -1.63. The zero-order valence-corrected chi connectivity index (χ0v) is 7.70. The van der Waals surface area contributed by atoms with Crippen LogP contribution in [0.2, 0.25) is 0 Å². The second-order valence-corrected chi connectivity index (χ2v) is 2.50. The van der Waals surface area contributed by atoms with Crippen molar-refractivity contribution >= 4 is 7.32 Å². The van der Waals surface area contributed by atoms with Crippen LogP contribution < -0.4 is 0 Å². The Morgan fingerprint density at radius 1 is 1.20 bits per heavy atom. The molecule has 0 saturated carbocycles. The lowest BCUT2D eigenvalue weighted by atomic mass is 10.00. The quantitative estimate of drug-likeness (QED) is 0.333. The summed E-state index contributed by atoms with van der Waals surface area (Å²) >= 11 is 0. The molecule has 8 heteroatoms. The fourth-order valence-corrected chi connectivity index (χ4v) is 0.792. The summed E-state index contributed by atoms with van der Waals surface area (Å²) in [4.78, 5) is 8.22. The van der Waals surface area contributed by atoms with Gasteiger partial charge >= 0.3 is 7.32 Å². The van der Waals surface area contributed by atoms with E-state index in [2.05, 4.69) is 9.69 Å². The SMILES string of the molecule is N#CCCC(C#N)C(C#N)OOB(O)O. The molecule has 2 unspecified atom stereocenters. The monoisotopic (exact) mass is 209 g/mol. The Morgan fingerprint density at radius 3 is 2.27 bits per heavy atom. The van der Waals surface area contributed by atoms with E-state index >= 15 is 0 Å². The van der Waals surface area contributed by atoms with Crippen LogP contribution >= 0.6 is 0 Å². The first kappa shape index (κ1) is 13.4. The zero-order chi connectivity index (χ0) is 11.7. The van der Waals surface area contributed by atoms with Crippen molar-refractivity contribution in [2.24, 2.45) is 5.92 Å². The fourth-order valence-electron chi connectivity index (χ4n) is 0.792. The fraction of sp³-hybridized carbons (Fsp3) is 0.571. The van der Waals surface area contributed by atoms with Gasteiger partial charge < -0.3 is 10.0 Å². The molecule has 0 bridgehead atoms. The lowest BCUT2D eigenvalue weighted by molar-refractivity contribution is -0.262. The molecule has 0 aromatic rings. The molecule has 7 nitrogen and oxygen atoms in total. The van der Waals surface area contributed by atoms with E-state index in [4.69, 9.17) is 25.8 Å². The first-order valence-electron chi connectivity index (χ1n) is 4.00. The van der Waals surface area contributed by atoms with Crippen molar-refractivity contribution < 1.29 is 19.7 Å². The molecular weight excluding hydrogens is 201 g/mol. The molecule has 0 aromatic heterocycles. The van der Waals surface area contributed by atoms with Crippen LogP contribution in [0.5, 0.6) is 0 Å². The van der Waals surface area contributed by atoms with Crippen LogP contribution in [0, 0.1) is 39.9 Å². The van der Waals surface area contributed by atoms with Crippen LogP contribution in [-0.4, -0.2) is 23.5 Å². The summed E-state index contributed by atoms with van der Waals surface area (Å²) in [6, 6.07) is 5.21. The topological polar surface area (TPSA) is 130 Å². The Balaban J connectivity index is 4.19. The molecule has 2 atom stereocenters. The lowest BCUT2D eigenvalue weighted by Crippen LogP contribution is -2.27. The minimum Gasteiger partial charge on any atom is -0.400 e. The molecular formula is C7H8BN3O4. The van der Waals surface area contributed by atoms with E-state index in [0.717, 1.165) is 0 Å². The third-order valence-corrected chi connectivity index (χ3v) is 1.47. The van der Waals surface area contributed by atoms with Crippen molar-refractivity contribution in [1.29, 1.82) is 15.8 Å². The zero-order valence-electron chi connectivity index (χ0n) is 7.70. The van der Waals surface area contributed by atoms with E-state index in [9.17, 15) is 0 Å². The van der Waals surface area contributed by atoms with Gasteiger partial charge in [-0.15, -0.1) is 0 Å². The summed E-state index contributed by atoms with van der Waals surface area (Å²) in [7, 11) is -2.17. The molecule has 0 heterocycles. The third kappa shape index (κ3) is 5.63. The van der Waals surface area contributed by atoms with E-state index in [1.54, 1.807) is 12.1 Å². The van der Waals surface area contributed by atoms with Crippen LogP contribution in [0.1, 0.15) is 12.8 Å². The van der Waals surface area contributed by atoms with Crippen molar-refractivity contribution in [3.63, 3.8) is 0 Å². The molecule has 0 saturated heterocycles. The van der Waals surface area contributed by atoms with Crippen molar-refractivity contribution in [3.05, 3.63) is 0 Å². The van der Waals surface area contributed by atoms with Crippen molar-refractivity contribution in [2.45, 2.75) is 18.9 Å². The van der Waals surface area contributed by atoms with E-state index in [0.29, 0.717) is 0 Å². The van der Waals surface area contributed by atoms with Crippen LogP contribution in [-0.2, 0) is 9.69 Å². The van der Waals surface area contributed by atoms with Gasteiger partial charge in [0.15, 0.2) is 6.10 Å². The van der Waals surface area contributed by atoms with Gasteiger partial charge in [0.2, 0.25) is 0 Å². The standard InChI is InChI=1S/C7H8BN3O4/c9-3-1-2-6(4-10)7(5-11)14-15-8(12)13/h6-7,12-13H,1-2H2. The average Bonchev–Trinajstić information content (AvgIpc) is 2.22. The molecule has 0 rings (SSSR count). The highest BCUT2D eigenvalue weighted by atomic mass is 17.2. The van der Waals surface area contributed by atoms with Gasteiger partial charge in [0.25, 0.3) is 0 Å². The van der Waals surface area contributed by atoms with Gasteiger partial charge in [0, 0.05) is 6.42 Å². The molecule has 0 aliphatic rings. The molecule has 0 aromatic carbocycles. The summed E-state index contributed by atoms with van der Waals surface area (Å²) in [5.41, 5.74) is 0. The predicted molar refractivity (Wildman–Crippen MR) is 45.7 cm³/mol. The van der Waals surface area contributed by atoms with Gasteiger partial charge in [-0.2, -0.15) is 15.8 Å². The summed E-state index contributed by atoms with van der Waals surface area (Å²) in [5, 5.41) is 42.1.